The average molecular weight is 466 g/mol. The Bertz CT molecular complexity index is 1170. The van der Waals surface area contributed by atoms with E-state index in [9.17, 15) is 18.4 Å². The monoisotopic (exact) mass is 465 g/mol. The number of hydrogen-bond acceptors (Lipinski definition) is 5. The van der Waals surface area contributed by atoms with Crippen LogP contribution in [0.3, 0.4) is 0 Å². The molecule has 0 saturated carbocycles. The van der Waals surface area contributed by atoms with Crippen molar-refractivity contribution in [1.29, 1.82) is 0 Å². The number of aromatic nitrogens is 2. The highest BCUT2D eigenvalue weighted by atomic mass is 19.3. The topological polar surface area (TPSA) is 78.4 Å². The zero-order chi connectivity index (χ0) is 24.3. The normalized spacial score (nSPS) is 14.1. The number of hydrogen-bond donors (Lipinski definition) is 1. The van der Waals surface area contributed by atoms with E-state index in [1.54, 1.807) is 58.5 Å². The molecule has 34 heavy (non-hydrogen) atoms. The molecule has 0 atom stereocenters. The number of carbonyl (C=O) groups excluding carboxylic acids is 2. The number of benzene rings is 2. The summed E-state index contributed by atoms with van der Waals surface area (Å²) in [6, 6.07) is 14.7. The summed E-state index contributed by atoms with van der Waals surface area (Å²) >= 11 is 0. The van der Waals surface area contributed by atoms with Crippen LogP contribution in [0.4, 0.5) is 20.4 Å². The molecule has 1 aromatic heterocycles. The molecular formula is C25H25F2N5O2. The van der Waals surface area contributed by atoms with Crippen LogP contribution in [0.5, 0.6) is 0 Å². The maximum Gasteiger partial charge on any atom is 0.270 e. The quantitative estimate of drug-likeness (QED) is 0.608. The van der Waals surface area contributed by atoms with Gasteiger partial charge in [0.25, 0.3) is 11.8 Å². The van der Waals surface area contributed by atoms with Crippen molar-refractivity contribution in [3.8, 4) is 11.3 Å². The van der Waals surface area contributed by atoms with Crippen LogP contribution in [0.25, 0.3) is 11.3 Å². The lowest BCUT2D eigenvalue weighted by molar-refractivity contribution is -0.130. The zero-order valence-corrected chi connectivity index (χ0v) is 19.0. The molecule has 2 aromatic carbocycles. The van der Waals surface area contributed by atoms with E-state index in [-0.39, 0.29) is 17.4 Å². The lowest BCUT2D eigenvalue weighted by Gasteiger charge is -2.34. The summed E-state index contributed by atoms with van der Waals surface area (Å²) in [7, 11) is 0. The highest BCUT2D eigenvalue weighted by molar-refractivity contribution is 5.94. The number of anilines is 2. The number of piperazine rings is 1. The standard InChI is InChI=1S/C25H25F2N5O2/c1-17(33)31-13-15-32(16-14-31)23(34)19-5-9-21(10-6-19)29-24-28-12-11-22(30-24)18-3-7-20(8-4-18)25(2,26)27/h3-12H,13-16H2,1-2H3,(H,28,29,30). The second-order valence-corrected chi connectivity index (χ2v) is 8.23. The fourth-order valence-corrected chi connectivity index (χ4v) is 3.75. The second-order valence-electron chi connectivity index (χ2n) is 8.23. The Morgan fingerprint density at radius 3 is 2.12 bits per heavy atom. The second kappa shape index (κ2) is 9.54. The molecule has 0 radical (unpaired) electrons. The number of alkyl halides is 2. The molecule has 1 saturated heterocycles. The van der Waals surface area contributed by atoms with Crippen LogP contribution < -0.4 is 5.32 Å². The van der Waals surface area contributed by atoms with Gasteiger partial charge in [-0.3, -0.25) is 9.59 Å². The van der Waals surface area contributed by atoms with E-state index < -0.39 is 5.92 Å². The van der Waals surface area contributed by atoms with E-state index in [1.807, 2.05) is 0 Å². The molecule has 1 aliphatic heterocycles. The van der Waals surface area contributed by atoms with Crippen LogP contribution in [0.1, 0.15) is 29.8 Å². The lowest BCUT2D eigenvalue weighted by atomic mass is 10.1. The van der Waals surface area contributed by atoms with E-state index in [4.69, 9.17) is 0 Å². The van der Waals surface area contributed by atoms with Crippen LogP contribution in [0, 0.1) is 0 Å². The Morgan fingerprint density at radius 1 is 0.912 bits per heavy atom. The Hall–Kier alpha value is -3.88. The smallest absolute Gasteiger partial charge is 0.270 e. The van der Waals surface area contributed by atoms with Crippen molar-refractivity contribution in [2.75, 3.05) is 31.5 Å². The van der Waals surface area contributed by atoms with Crippen LogP contribution in [0.2, 0.25) is 0 Å². The molecule has 2 amide bonds. The van der Waals surface area contributed by atoms with Crippen LogP contribution in [-0.2, 0) is 10.7 Å². The van der Waals surface area contributed by atoms with Crippen LogP contribution >= 0.6 is 0 Å². The number of nitrogens with zero attached hydrogens (tertiary/aromatic N) is 4. The largest absolute Gasteiger partial charge is 0.339 e. The summed E-state index contributed by atoms with van der Waals surface area (Å²) in [5.74, 6) is -2.60. The molecule has 0 unspecified atom stereocenters. The van der Waals surface area contributed by atoms with E-state index in [2.05, 4.69) is 15.3 Å². The van der Waals surface area contributed by atoms with Gasteiger partial charge in [0, 0.05) is 68.6 Å². The highest BCUT2D eigenvalue weighted by Crippen LogP contribution is 2.29. The van der Waals surface area contributed by atoms with E-state index in [1.165, 1.54) is 19.1 Å². The predicted molar refractivity (Wildman–Crippen MR) is 125 cm³/mol. The molecule has 1 fully saturated rings. The van der Waals surface area contributed by atoms with Gasteiger partial charge in [-0.25, -0.2) is 18.7 Å². The van der Waals surface area contributed by atoms with Gasteiger partial charge in [-0.15, -0.1) is 0 Å². The van der Waals surface area contributed by atoms with E-state index >= 15 is 0 Å². The first-order valence-electron chi connectivity index (χ1n) is 10.9. The van der Waals surface area contributed by atoms with Gasteiger partial charge in [-0.05, 0) is 30.3 Å². The van der Waals surface area contributed by atoms with Gasteiger partial charge in [0.1, 0.15) is 0 Å². The van der Waals surface area contributed by atoms with Gasteiger partial charge < -0.3 is 15.1 Å². The third kappa shape index (κ3) is 5.36. The molecule has 0 aliphatic carbocycles. The number of amides is 2. The van der Waals surface area contributed by atoms with Crippen LogP contribution in [0.15, 0.2) is 60.8 Å². The first-order chi connectivity index (χ1) is 16.2. The maximum atomic E-state index is 13.5. The molecule has 9 heteroatoms. The van der Waals surface area contributed by atoms with Gasteiger partial charge in [-0.1, -0.05) is 24.3 Å². The van der Waals surface area contributed by atoms with E-state index in [0.717, 1.165) is 6.92 Å². The summed E-state index contributed by atoms with van der Waals surface area (Å²) in [5, 5.41) is 3.10. The average Bonchev–Trinajstić information content (AvgIpc) is 2.84. The van der Waals surface area contributed by atoms with Crippen molar-refractivity contribution in [2.24, 2.45) is 0 Å². The summed E-state index contributed by atoms with van der Waals surface area (Å²) in [5.41, 5.74) is 2.50. The first-order valence-corrected chi connectivity index (χ1v) is 10.9. The zero-order valence-electron chi connectivity index (χ0n) is 19.0. The molecule has 0 bridgehead atoms. The van der Waals surface area contributed by atoms with Crippen molar-refractivity contribution in [3.05, 3.63) is 71.9 Å². The fraction of sp³-hybridized carbons (Fsp3) is 0.280. The minimum atomic E-state index is -2.90. The summed E-state index contributed by atoms with van der Waals surface area (Å²) in [6.07, 6.45) is 1.59. The molecule has 7 nitrogen and oxygen atoms in total. The third-order valence-corrected chi connectivity index (χ3v) is 5.74. The SMILES string of the molecule is CC(=O)N1CCN(C(=O)c2ccc(Nc3nccc(-c4ccc(C(C)(F)F)cc4)n3)cc2)CC1. The number of carbonyl (C=O) groups is 2. The van der Waals surface area contributed by atoms with Crippen molar-refractivity contribution >= 4 is 23.5 Å². The Balaban J connectivity index is 1.41. The first kappa shape index (κ1) is 23.3. The highest BCUT2D eigenvalue weighted by Gasteiger charge is 2.24. The Labute approximate surface area is 196 Å². The number of rotatable bonds is 5. The van der Waals surface area contributed by atoms with Crippen molar-refractivity contribution in [1.82, 2.24) is 19.8 Å². The number of nitrogens with one attached hydrogen (secondary N) is 1. The predicted octanol–water partition coefficient (Wildman–Crippen LogP) is 4.30. The van der Waals surface area contributed by atoms with Gasteiger partial charge in [0.2, 0.25) is 11.9 Å². The number of halogens is 2. The van der Waals surface area contributed by atoms with Gasteiger partial charge >= 0.3 is 0 Å². The van der Waals surface area contributed by atoms with E-state index in [0.29, 0.717) is 54.6 Å². The minimum Gasteiger partial charge on any atom is -0.339 e. The molecule has 2 heterocycles. The molecule has 1 N–H and O–H groups in total. The lowest BCUT2D eigenvalue weighted by Crippen LogP contribution is -2.50. The molecule has 176 valence electrons. The molecule has 3 aromatic rings. The summed E-state index contributed by atoms with van der Waals surface area (Å²) < 4.78 is 26.9. The molecule has 0 spiro atoms. The maximum absolute atomic E-state index is 13.5. The van der Waals surface area contributed by atoms with Crippen molar-refractivity contribution in [3.63, 3.8) is 0 Å². The van der Waals surface area contributed by atoms with Crippen molar-refractivity contribution in [2.45, 2.75) is 19.8 Å². The third-order valence-electron chi connectivity index (χ3n) is 5.74. The Morgan fingerprint density at radius 2 is 1.53 bits per heavy atom. The molecular weight excluding hydrogens is 440 g/mol. The summed E-state index contributed by atoms with van der Waals surface area (Å²) in [6.45, 7) is 4.50. The van der Waals surface area contributed by atoms with Gasteiger partial charge in [0.15, 0.2) is 0 Å². The van der Waals surface area contributed by atoms with Gasteiger partial charge in [-0.2, -0.15) is 0 Å². The Kier molecular flexibility index (Phi) is 6.54. The minimum absolute atomic E-state index is 0.0216. The fourth-order valence-electron chi connectivity index (χ4n) is 3.75. The summed E-state index contributed by atoms with van der Waals surface area (Å²) in [4.78, 5) is 36.4. The van der Waals surface area contributed by atoms with Crippen molar-refractivity contribution < 1.29 is 18.4 Å². The molecule has 1 aliphatic rings. The van der Waals surface area contributed by atoms with Gasteiger partial charge in [0.05, 0.1) is 5.69 Å². The van der Waals surface area contributed by atoms with Crippen LogP contribution in [-0.4, -0.2) is 57.8 Å². The molecule has 4 rings (SSSR count).